The summed E-state index contributed by atoms with van der Waals surface area (Å²) in [6.07, 6.45) is 5.47. The van der Waals surface area contributed by atoms with E-state index in [0.29, 0.717) is 29.7 Å². The SMILES string of the molecule is CCOC(=O)CCC1CCCCN1c1ncc([N+](=O)[O-])cc1Br. The number of ether oxygens (including phenoxy) is 1. The molecule has 8 heteroatoms. The lowest BCUT2D eigenvalue weighted by molar-refractivity contribution is -0.385. The Morgan fingerprint density at radius 2 is 2.35 bits per heavy atom. The van der Waals surface area contributed by atoms with Crippen LogP contribution < -0.4 is 4.90 Å². The zero-order valence-corrected chi connectivity index (χ0v) is 14.6. The monoisotopic (exact) mass is 385 g/mol. The number of carbonyl (C=O) groups excluding carboxylic acids is 1. The van der Waals surface area contributed by atoms with Gasteiger partial charge in [-0.1, -0.05) is 0 Å². The van der Waals surface area contributed by atoms with Crippen molar-refractivity contribution in [2.24, 2.45) is 0 Å². The molecule has 1 aromatic heterocycles. The summed E-state index contributed by atoms with van der Waals surface area (Å²) in [5.74, 6) is 0.512. The molecule has 0 amide bonds. The van der Waals surface area contributed by atoms with E-state index in [1.807, 2.05) is 0 Å². The van der Waals surface area contributed by atoms with E-state index in [2.05, 4.69) is 25.8 Å². The molecule has 1 saturated heterocycles. The minimum atomic E-state index is -0.462. The first-order valence-corrected chi connectivity index (χ1v) is 8.54. The molecule has 0 bridgehead atoms. The summed E-state index contributed by atoms with van der Waals surface area (Å²) in [4.78, 5) is 28.3. The minimum absolute atomic E-state index is 0.0410. The van der Waals surface area contributed by atoms with Gasteiger partial charge in [-0.3, -0.25) is 14.9 Å². The van der Waals surface area contributed by atoms with Crippen LogP contribution in [0.2, 0.25) is 0 Å². The van der Waals surface area contributed by atoms with E-state index >= 15 is 0 Å². The summed E-state index contributed by atoms with van der Waals surface area (Å²) in [5, 5.41) is 10.8. The maximum atomic E-state index is 11.6. The molecule has 0 spiro atoms. The van der Waals surface area contributed by atoms with Crippen LogP contribution in [0.15, 0.2) is 16.7 Å². The molecule has 1 fully saturated rings. The summed E-state index contributed by atoms with van der Waals surface area (Å²) >= 11 is 3.38. The molecule has 0 saturated carbocycles. The number of anilines is 1. The van der Waals surface area contributed by atoms with Crippen LogP contribution in [0.3, 0.4) is 0 Å². The zero-order chi connectivity index (χ0) is 16.8. The van der Waals surface area contributed by atoms with E-state index in [1.54, 1.807) is 6.92 Å². The third kappa shape index (κ3) is 4.63. The number of nitrogens with zero attached hydrogens (tertiary/aromatic N) is 3. The van der Waals surface area contributed by atoms with Gasteiger partial charge in [0.15, 0.2) is 0 Å². The summed E-state index contributed by atoms with van der Waals surface area (Å²) in [6, 6.07) is 1.66. The number of halogens is 1. The molecule has 7 nitrogen and oxygen atoms in total. The number of pyridine rings is 1. The Kier molecular flexibility index (Phi) is 6.32. The molecule has 1 aromatic rings. The van der Waals surface area contributed by atoms with Crippen molar-refractivity contribution in [3.05, 3.63) is 26.9 Å². The number of esters is 1. The summed E-state index contributed by atoms with van der Waals surface area (Å²) in [7, 11) is 0. The number of hydrogen-bond donors (Lipinski definition) is 0. The Hall–Kier alpha value is -1.70. The average Bonchev–Trinajstić information content (AvgIpc) is 2.53. The highest BCUT2D eigenvalue weighted by molar-refractivity contribution is 9.10. The Morgan fingerprint density at radius 3 is 3.00 bits per heavy atom. The van der Waals surface area contributed by atoms with E-state index in [4.69, 9.17) is 4.74 Å². The highest BCUT2D eigenvalue weighted by Gasteiger charge is 2.26. The normalized spacial score (nSPS) is 17.8. The van der Waals surface area contributed by atoms with Crippen LogP contribution in [0.4, 0.5) is 11.5 Å². The van der Waals surface area contributed by atoms with E-state index in [0.717, 1.165) is 25.8 Å². The number of aromatic nitrogens is 1. The first kappa shape index (κ1) is 17.7. The van der Waals surface area contributed by atoms with Crippen LogP contribution in [0.1, 0.15) is 39.0 Å². The second kappa shape index (κ2) is 8.24. The smallest absolute Gasteiger partial charge is 0.305 e. The Morgan fingerprint density at radius 1 is 1.57 bits per heavy atom. The largest absolute Gasteiger partial charge is 0.466 e. The molecule has 1 aliphatic heterocycles. The predicted molar refractivity (Wildman–Crippen MR) is 89.4 cm³/mol. The van der Waals surface area contributed by atoms with Crippen molar-refractivity contribution in [1.29, 1.82) is 0 Å². The lowest BCUT2D eigenvalue weighted by atomic mass is 9.98. The highest BCUT2D eigenvalue weighted by Crippen LogP contribution is 2.33. The van der Waals surface area contributed by atoms with Crippen LogP contribution >= 0.6 is 15.9 Å². The van der Waals surface area contributed by atoms with Gasteiger partial charge in [0.2, 0.25) is 0 Å². The van der Waals surface area contributed by atoms with Crippen molar-refractivity contribution in [2.75, 3.05) is 18.1 Å². The molecule has 1 unspecified atom stereocenters. The number of piperidine rings is 1. The fourth-order valence-electron chi connectivity index (χ4n) is 2.83. The van der Waals surface area contributed by atoms with Crippen LogP contribution in [-0.4, -0.2) is 35.1 Å². The van der Waals surface area contributed by atoms with Gasteiger partial charge in [-0.15, -0.1) is 0 Å². The molecule has 0 aliphatic carbocycles. The molecule has 2 heterocycles. The minimum Gasteiger partial charge on any atom is -0.466 e. The molecule has 126 valence electrons. The summed E-state index contributed by atoms with van der Waals surface area (Å²) in [6.45, 7) is 3.02. The van der Waals surface area contributed by atoms with Gasteiger partial charge in [0.25, 0.3) is 5.69 Å². The van der Waals surface area contributed by atoms with Gasteiger partial charge in [-0.05, 0) is 48.5 Å². The zero-order valence-electron chi connectivity index (χ0n) is 13.0. The maximum absolute atomic E-state index is 11.6. The van der Waals surface area contributed by atoms with Crippen LogP contribution in [0.25, 0.3) is 0 Å². The Balaban J connectivity index is 2.11. The predicted octanol–water partition coefficient (Wildman–Crippen LogP) is 3.45. The van der Waals surface area contributed by atoms with E-state index in [9.17, 15) is 14.9 Å². The van der Waals surface area contributed by atoms with Crippen molar-refractivity contribution in [3.63, 3.8) is 0 Å². The van der Waals surface area contributed by atoms with Crippen molar-refractivity contribution in [1.82, 2.24) is 4.98 Å². The van der Waals surface area contributed by atoms with Crippen LogP contribution in [0.5, 0.6) is 0 Å². The van der Waals surface area contributed by atoms with Gasteiger partial charge in [0.05, 0.1) is 16.0 Å². The third-order valence-electron chi connectivity index (χ3n) is 3.90. The molecule has 1 atom stereocenters. The molecule has 0 radical (unpaired) electrons. The molecular weight excluding hydrogens is 366 g/mol. The molecule has 1 aliphatic rings. The van der Waals surface area contributed by atoms with Gasteiger partial charge < -0.3 is 9.64 Å². The molecule has 0 aromatic carbocycles. The number of nitro groups is 1. The van der Waals surface area contributed by atoms with Gasteiger partial charge in [0, 0.05) is 25.1 Å². The maximum Gasteiger partial charge on any atom is 0.305 e. The average molecular weight is 386 g/mol. The standard InChI is InChI=1S/C15H20BrN3O4/c1-2-23-14(20)7-6-11-5-3-4-8-18(11)15-13(16)9-12(10-17-15)19(21)22/h9-11H,2-8H2,1H3. The van der Waals surface area contributed by atoms with Crippen molar-refractivity contribution in [3.8, 4) is 0 Å². The second-order valence-electron chi connectivity index (χ2n) is 5.44. The van der Waals surface area contributed by atoms with Gasteiger partial charge in [0.1, 0.15) is 12.0 Å². The lowest BCUT2D eigenvalue weighted by Crippen LogP contribution is -2.40. The quantitative estimate of drug-likeness (QED) is 0.423. The van der Waals surface area contributed by atoms with E-state index in [-0.39, 0.29) is 17.7 Å². The van der Waals surface area contributed by atoms with Crippen LogP contribution in [0, 0.1) is 10.1 Å². The number of carbonyl (C=O) groups is 1. The second-order valence-corrected chi connectivity index (χ2v) is 6.30. The summed E-state index contributed by atoms with van der Waals surface area (Å²) in [5.41, 5.74) is -0.0410. The Labute approximate surface area is 143 Å². The summed E-state index contributed by atoms with van der Waals surface area (Å²) < 4.78 is 5.59. The number of rotatable bonds is 6. The van der Waals surface area contributed by atoms with Gasteiger partial charge in [-0.2, -0.15) is 0 Å². The lowest BCUT2D eigenvalue weighted by Gasteiger charge is -2.37. The van der Waals surface area contributed by atoms with Gasteiger partial charge in [-0.25, -0.2) is 4.98 Å². The fourth-order valence-corrected chi connectivity index (χ4v) is 3.39. The first-order chi connectivity index (χ1) is 11.0. The Bertz CT molecular complexity index is 582. The van der Waals surface area contributed by atoms with Crippen molar-refractivity contribution < 1.29 is 14.5 Å². The highest BCUT2D eigenvalue weighted by atomic mass is 79.9. The van der Waals surface area contributed by atoms with Crippen molar-refractivity contribution in [2.45, 2.75) is 45.1 Å². The fraction of sp³-hybridized carbons (Fsp3) is 0.600. The van der Waals surface area contributed by atoms with Crippen LogP contribution in [-0.2, 0) is 9.53 Å². The molecule has 0 N–H and O–H groups in total. The molecular formula is C15H20BrN3O4. The van der Waals surface area contributed by atoms with E-state index in [1.165, 1.54) is 12.3 Å². The first-order valence-electron chi connectivity index (χ1n) is 7.75. The number of hydrogen-bond acceptors (Lipinski definition) is 6. The third-order valence-corrected chi connectivity index (χ3v) is 4.49. The van der Waals surface area contributed by atoms with Gasteiger partial charge >= 0.3 is 5.97 Å². The van der Waals surface area contributed by atoms with Crippen molar-refractivity contribution >= 4 is 33.4 Å². The molecule has 23 heavy (non-hydrogen) atoms. The topological polar surface area (TPSA) is 85.6 Å². The van der Waals surface area contributed by atoms with E-state index < -0.39 is 4.92 Å². The molecule has 2 rings (SSSR count).